The van der Waals surface area contributed by atoms with E-state index in [0.29, 0.717) is 4.47 Å². The number of nitrogens with one attached hydrogen (secondary N) is 1. The van der Waals surface area contributed by atoms with Gasteiger partial charge in [0.15, 0.2) is 6.10 Å². The average molecular weight is 476 g/mol. The lowest BCUT2D eigenvalue weighted by Gasteiger charge is -2.16. The normalized spacial score (nSPS) is 12.8. The van der Waals surface area contributed by atoms with Crippen LogP contribution in [0.4, 0.5) is 18.9 Å². The Labute approximate surface area is 181 Å². The molecule has 2 aromatic carbocycles. The number of amides is 1. The summed E-state index contributed by atoms with van der Waals surface area (Å²) in [5, 5.41) is 2.37. The number of halogens is 3. The number of hydrogen-bond donors (Lipinski definition) is 1. The largest absolute Gasteiger partial charge is 0.573 e. The molecule has 1 N–H and O–H groups in total. The Hall–Kier alpha value is -3.16. The van der Waals surface area contributed by atoms with Crippen LogP contribution < -0.4 is 10.1 Å². The Kier molecular flexibility index (Phi) is 7.83. The van der Waals surface area contributed by atoms with Gasteiger partial charge in [-0.15, -0.1) is 13.2 Å². The molecule has 1 amide bonds. The van der Waals surface area contributed by atoms with E-state index in [0.717, 1.165) is 25.3 Å². The highest BCUT2D eigenvalue weighted by atomic mass is 32.2. The minimum Gasteiger partial charge on any atom is -0.449 e. The quantitative estimate of drug-likeness (QED) is 0.461. The average Bonchev–Trinajstić information content (AvgIpc) is 2.73. The van der Waals surface area contributed by atoms with Gasteiger partial charge in [0.2, 0.25) is 0 Å². The van der Waals surface area contributed by atoms with E-state index in [4.69, 9.17) is 4.74 Å². The number of ether oxygens (including phenoxy) is 2. The van der Waals surface area contributed by atoms with Gasteiger partial charge in [-0.2, -0.15) is 0 Å². The van der Waals surface area contributed by atoms with Crippen LogP contribution in [0.25, 0.3) is 0 Å². The van der Waals surface area contributed by atoms with Crippen LogP contribution in [-0.4, -0.2) is 51.4 Å². The Balaban J connectivity index is 2.03. The van der Waals surface area contributed by atoms with Crippen LogP contribution in [-0.2, 0) is 24.4 Å². The molecule has 0 saturated heterocycles. The number of esters is 1. The second-order valence-corrected chi connectivity index (χ2v) is 8.17. The van der Waals surface area contributed by atoms with Gasteiger partial charge in [-0.1, -0.05) is 10.5 Å². The lowest BCUT2D eigenvalue weighted by atomic mass is 10.2. The number of benzene rings is 2. The SMILES string of the molecule is CON(C)S(=O)(=O)c1cccc(C(=O)OC(C)C(=O)Nc2ccc(OC(F)(F)F)cc2)c1. The summed E-state index contributed by atoms with van der Waals surface area (Å²) in [6.07, 6.45) is -6.14. The summed E-state index contributed by atoms with van der Waals surface area (Å²) in [6.45, 7) is 1.27. The molecule has 2 aromatic rings. The molecule has 0 aliphatic rings. The summed E-state index contributed by atoms with van der Waals surface area (Å²) < 4.78 is 70.5. The highest BCUT2D eigenvalue weighted by Gasteiger charge is 2.31. The van der Waals surface area contributed by atoms with Crippen molar-refractivity contribution in [3.8, 4) is 5.75 Å². The van der Waals surface area contributed by atoms with E-state index in [1.54, 1.807) is 0 Å². The van der Waals surface area contributed by atoms with Crippen LogP contribution >= 0.6 is 0 Å². The van der Waals surface area contributed by atoms with Gasteiger partial charge in [-0.3, -0.25) is 9.63 Å². The molecule has 174 valence electrons. The third-order valence-electron chi connectivity index (χ3n) is 3.97. The Morgan fingerprint density at radius 2 is 1.72 bits per heavy atom. The molecule has 1 atom stereocenters. The van der Waals surface area contributed by atoms with Gasteiger partial charge in [-0.05, 0) is 49.4 Å². The van der Waals surface area contributed by atoms with Gasteiger partial charge in [0, 0.05) is 12.7 Å². The van der Waals surface area contributed by atoms with E-state index in [1.807, 2.05) is 0 Å². The maximum Gasteiger partial charge on any atom is 0.573 e. The maximum atomic E-state index is 12.3. The van der Waals surface area contributed by atoms with Gasteiger partial charge >= 0.3 is 12.3 Å². The van der Waals surface area contributed by atoms with Crippen molar-refractivity contribution >= 4 is 27.6 Å². The van der Waals surface area contributed by atoms with Crippen molar-refractivity contribution < 1.29 is 45.5 Å². The predicted molar refractivity (Wildman–Crippen MR) is 105 cm³/mol. The zero-order chi connectivity index (χ0) is 24.1. The number of carbonyl (C=O) groups is 2. The summed E-state index contributed by atoms with van der Waals surface area (Å²) >= 11 is 0. The molecule has 0 saturated carbocycles. The monoisotopic (exact) mass is 476 g/mol. The highest BCUT2D eigenvalue weighted by molar-refractivity contribution is 7.89. The second kappa shape index (κ2) is 9.97. The minimum absolute atomic E-state index is 0.121. The van der Waals surface area contributed by atoms with Crippen LogP contribution in [0.15, 0.2) is 53.4 Å². The van der Waals surface area contributed by atoms with Crippen molar-refractivity contribution in [2.24, 2.45) is 0 Å². The lowest BCUT2D eigenvalue weighted by molar-refractivity contribution is -0.274. The maximum absolute atomic E-state index is 12.3. The van der Waals surface area contributed by atoms with E-state index >= 15 is 0 Å². The zero-order valence-corrected chi connectivity index (χ0v) is 17.9. The predicted octanol–water partition coefficient (Wildman–Crippen LogP) is 2.95. The molecule has 0 aliphatic carbocycles. The fourth-order valence-electron chi connectivity index (χ4n) is 2.30. The number of anilines is 1. The van der Waals surface area contributed by atoms with Gasteiger partial charge in [0.1, 0.15) is 5.75 Å². The van der Waals surface area contributed by atoms with Crippen molar-refractivity contribution in [1.29, 1.82) is 0 Å². The number of hydroxylamine groups is 1. The van der Waals surface area contributed by atoms with Crippen molar-refractivity contribution in [2.75, 3.05) is 19.5 Å². The number of carbonyl (C=O) groups excluding carboxylic acids is 2. The van der Waals surface area contributed by atoms with E-state index < -0.39 is 40.1 Å². The van der Waals surface area contributed by atoms with Crippen LogP contribution in [0.3, 0.4) is 0 Å². The van der Waals surface area contributed by atoms with Gasteiger partial charge in [0.05, 0.1) is 17.6 Å². The Morgan fingerprint density at radius 1 is 1.09 bits per heavy atom. The van der Waals surface area contributed by atoms with Crippen LogP contribution in [0.2, 0.25) is 0 Å². The van der Waals surface area contributed by atoms with Crippen molar-refractivity contribution in [3.63, 3.8) is 0 Å². The summed E-state index contributed by atoms with van der Waals surface area (Å²) in [5.74, 6) is -2.19. The summed E-state index contributed by atoms with van der Waals surface area (Å²) in [7, 11) is -1.67. The molecule has 32 heavy (non-hydrogen) atoms. The standard InChI is InChI=1S/C19H19F3N2O7S/c1-12(17(25)23-14-7-9-15(10-8-14)31-19(20,21)22)30-18(26)13-5-4-6-16(11-13)32(27,28)24(2)29-3/h4-12H,1-3H3,(H,23,25). The molecule has 0 heterocycles. The fraction of sp³-hybridized carbons (Fsp3) is 0.263. The van der Waals surface area contributed by atoms with Crippen LogP contribution in [0.1, 0.15) is 17.3 Å². The third kappa shape index (κ3) is 6.67. The second-order valence-electron chi connectivity index (χ2n) is 6.23. The van der Waals surface area contributed by atoms with Crippen LogP contribution in [0, 0.1) is 0 Å². The third-order valence-corrected chi connectivity index (χ3v) is 5.65. The fourth-order valence-corrected chi connectivity index (χ4v) is 3.32. The molecule has 0 fully saturated rings. The van der Waals surface area contributed by atoms with Crippen molar-refractivity contribution in [2.45, 2.75) is 24.3 Å². The minimum atomic E-state index is -4.84. The Morgan fingerprint density at radius 3 is 2.28 bits per heavy atom. The number of rotatable bonds is 8. The first-order valence-corrected chi connectivity index (χ1v) is 10.3. The molecule has 13 heteroatoms. The lowest BCUT2D eigenvalue weighted by Crippen LogP contribution is -2.30. The molecule has 0 spiro atoms. The first-order valence-electron chi connectivity index (χ1n) is 8.84. The van der Waals surface area contributed by atoms with E-state index in [-0.39, 0.29) is 16.1 Å². The number of nitrogens with zero attached hydrogens (tertiary/aromatic N) is 1. The highest BCUT2D eigenvalue weighted by Crippen LogP contribution is 2.24. The number of hydrogen-bond acceptors (Lipinski definition) is 7. The molecule has 9 nitrogen and oxygen atoms in total. The molecule has 0 aliphatic heterocycles. The summed E-state index contributed by atoms with van der Waals surface area (Å²) in [5.41, 5.74) is 0.0204. The smallest absolute Gasteiger partial charge is 0.449 e. The Bertz CT molecular complexity index is 1070. The van der Waals surface area contributed by atoms with E-state index in [1.165, 1.54) is 44.3 Å². The van der Waals surface area contributed by atoms with Crippen LogP contribution in [0.5, 0.6) is 5.75 Å². The van der Waals surface area contributed by atoms with Crippen molar-refractivity contribution in [1.82, 2.24) is 4.47 Å². The number of alkyl halides is 3. The summed E-state index contributed by atoms with van der Waals surface area (Å²) in [6, 6.07) is 9.30. The molecule has 1 unspecified atom stereocenters. The number of sulfonamides is 1. The molecule has 0 bridgehead atoms. The first kappa shape index (κ1) is 25.1. The molecule has 0 aromatic heterocycles. The first-order chi connectivity index (χ1) is 14.8. The molecule has 0 radical (unpaired) electrons. The van der Waals surface area contributed by atoms with Gasteiger partial charge in [0.25, 0.3) is 15.9 Å². The molecule has 2 rings (SSSR count). The van der Waals surface area contributed by atoms with E-state index in [2.05, 4.69) is 14.9 Å². The van der Waals surface area contributed by atoms with Gasteiger partial charge < -0.3 is 14.8 Å². The van der Waals surface area contributed by atoms with Crippen molar-refractivity contribution in [3.05, 3.63) is 54.1 Å². The summed E-state index contributed by atoms with van der Waals surface area (Å²) in [4.78, 5) is 29.0. The topological polar surface area (TPSA) is 111 Å². The molecular weight excluding hydrogens is 457 g/mol. The molecular formula is C19H19F3N2O7S. The van der Waals surface area contributed by atoms with Gasteiger partial charge in [-0.25, -0.2) is 13.2 Å². The van der Waals surface area contributed by atoms with E-state index in [9.17, 15) is 31.2 Å². The zero-order valence-electron chi connectivity index (χ0n) is 17.0.